The van der Waals surface area contributed by atoms with Gasteiger partial charge in [0.15, 0.2) is 0 Å². The van der Waals surface area contributed by atoms with E-state index < -0.39 is 0 Å². The highest BCUT2D eigenvalue weighted by atomic mass is 16.3. The first kappa shape index (κ1) is 23.1. The monoisotopic (exact) mass is 536 g/mol. The lowest BCUT2D eigenvalue weighted by molar-refractivity contribution is 0.633. The summed E-state index contributed by atoms with van der Waals surface area (Å²) in [5, 5.41) is 7.95. The number of para-hydroxylation sites is 1. The lowest BCUT2D eigenvalue weighted by Gasteiger charge is -2.17. The number of hydrogen-bond donors (Lipinski definition) is 0. The number of furan rings is 2. The molecule has 0 unspecified atom stereocenters. The fourth-order valence-electron chi connectivity index (χ4n) is 6.67. The van der Waals surface area contributed by atoms with E-state index in [-0.39, 0.29) is 0 Å². The number of benzene rings is 7. The molecule has 0 bridgehead atoms. The van der Waals surface area contributed by atoms with Gasteiger partial charge in [-0.3, -0.25) is 0 Å². The molecule has 9 rings (SSSR count). The molecule has 9 aromatic rings. The van der Waals surface area contributed by atoms with E-state index in [9.17, 15) is 0 Å². The molecule has 2 nitrogen and oxygen atoms in total. The van der Waals surface area contributed by atoms with Gasteiger partial charge in [-0.2, -0.15) is 0 Å². The molecule has 2 aromatic heterocycles. The summed E-state index contributed by atoms with van der Waals surface area (Å²) in [4.78, 5) is 0. The second kappa shape index (κ2) is 8.95. The Hall–Kier alpha value is -5.60. The SMILES string of the molecule is c1ccc(-c2c(-c3c4ccccc4c(-c4ccccc4)c4ccccc34)oc3cc4c(cc23)oc2ccccc24)cc1. The van der Waals surface area contributed by atoms with Gasteiger partial charge in [-0.25, -0.2) is 0 Å². The van der Waals surface area contributed by atoms with Crippen LogP contribution in [0.4, 0.5) is 0 Å². The zero-order valence-electron chi connectivity index (χ0n) is 22.7. The third-order valence-corrected chi connectivity index (χ3v) is 8.47. The van der Waals surface area contributed by atoms with E-state index in [0.717, 1.165) is 55.4 Å². The summed E-state index contributed by atoms with van der Waals surface area (Å²) in [5.41, 5.74) is 8.35. The predicted octanol–water partition coefficient (Wildman–Crippen LogP) is 11.6. The van der Waals surface area contributed by atoms with Crippen LogP contribution in [0.25, 0.3) is 88.0 Å². The molecule has 0 aliphatic rings. The smallest absolute Gasteiger partial charge is 0.144 e. The zero-order valence-corrected chi connectivity index (χ0v) is 22.7. The molecule has 0 saturated carbocycles. The standard InChI is InChI=1S/C40H24O2/c1-3-13-25(14-4-1)37-28-18-7-9-20-30(28)39(31-21-10-8-19-29(31)37)40-38(26-15-5-2-6-16-26)33-24-35-32(23-36(33)42-40)27-17-11-12-22-34(27)41-35/h1-24H. The fraction of sp³-hybridized carbons (Fsp3) is 0. The summed E-state index contributed by atoms with van der Waals surface area (Å²) < 4.78 is 13.3. The molecule has 0 radical (unpaired) electrons. The first-order valence-corrected chi connectivity index (χ1v) is 14.3. The summed E-state index contributed by atoms with van der Waals surface area (Å²) in [6, 6.07) is 51.2. The Morgan fingerprint density at radius 2 is 0.738 bits per heavy atom. The average Bonchev–Trinajstić information content (AvgIpc) is 3.60. The minimum absolute atomic E-state index is 0.850. The fourth-order valence-corrected chi connectivity index (χ4v) is 6.67. The number of rotatable bonds is 3. The van der Waals surface area contributed by atoms with Gasteiger partial charge in [0.25, 0.3) is 0 Å². The third kappa shape index (κ3) is 3.33. The molecular weight excluding hydrogens is 512 g/mol. The van der Waals surface area contributed by atoms with Gasteiger partial charge in [0.05, 0.1) is 0 Å². The molecule has 2 heteroatoms. The summed E-state index contributed by atoms with van der Waals surface area (Å²) in [5.74, 6) is 0.875. The van der Waals surface area contributed by atoms with E-state index in [0.29, 0.717) is 0 Å². The van der Waals surface area contributed by atoms with Crippen molar-refractivity contribution in [2.24, 2.45) is 0 Å². The molecule has 7 aromatic carbocycles. The molecule has 196 valence electrons. The first-order chi connectivity index (χ1) is 20.8. The quantitative estimate of drug-likeness (QED) is 0.210. The molecule has 0 fully saturated rings. The van der Waals surface area contributed by atoms with Crippen LogP contribution in [0.3, 0.4) is 0 Å². The Kier molecular flexibility index (Phi) is 4.93. The van der Waals surface area contributed by atoms with Gasteiger partial charge in [-0.15, -0.1) is 0 Å². The minimum Gasteiger partial charge on any atom is -0.456 e. The first-order valence-electron chi connectivity index (χ1n) is 14.3. The van der Waals surface area contributed by atoms with Crippen molar-refractivity contribution in [3.63, 3.8) is 0 Å². The van der Waals surface area contributed by atoms with Gasteiger partial charge >= 0.3 is 0 Å². The highest BCUT2D eigenvalue weighted by molar-refractivity contribution is 6.23. The Morgan fingerprint density at radius 1 is 0.286 bits per heavy atom. The highest BCUT2D eigenvalue weighted by Crippen LogP contribution is 2.49. The lowest BCUT2D eigenvalue weighted by atomic mass is 9.86. The van der Waals surface area contributed by atoms with Crippen molar-refractivity contribution in [3.8, 4) is 33.6 Å². The Labute approximate surface area is 242 Å². The van der Waals surface area contributed by atoms with Gasteiger partial charge in [0, 0.05) is 27.3 Å². The van der Waals surface area contributed by atoms with E-state index in [1.807, 2.05) is 12.1 Å². The van der Waals surface area contributed by atoms with Crippen LogP contribution in [0.2, 0.25) is 0 Å². The van der Waals surface area contributed by atoms with Crippen LogP contribution in [0, 0.1) is 0 Å². The predicted molar refractivity (Wildman–Crippen MR) is 175 cm³/mol. The molecule has 0 amide bonds. The number of fused-ring (bicyclic) bond motifs is 6. The second-order valence-corrected chi connectivity index (χ2v) is 10.8. The Morgan fingerprint density at radius 3 is 1.36 bits per heavy atom. The van der Waals surface area contributed by atoms with E-state index in [1.54, 1.807) is 0 Å². The topological polar surface area (TPSA) is 26.3 Å². The van der Waals surface area contributed by atoms with E-state index in [4.69, 9.17) is 8.83 Å². The van der Waals surface area contributed by atoms with Gasteiger partial charge in [0.2, 0.25) is 0 Å². The molecule has 0 aliphatic carbocycles. The van der Waals surface area contributed by atoms with E-state index >= 15 is 0 Å². The highest BCUT2D eigenvalue weighted by Gasteiger charge is 2.25. The van der Waals surface area contributed by atoms with Crippen molar-refractivity contribution in [2.45, 2.75) is 0 Å². The minimum atomic E-state index is 0.850. The molecular formula is C40H24O2. The maximum Gasteiger partial charge on any atom is 0.144 e. The van der Waals surface area contributed by atoms with Crippen molar-refractivity contribution in [2.75, 3.05) is 0 Å². The summed E-state index contributed by atoms with van der Waals surface area (Å²) in [7, 11) is 0. The van der Waals surface area contributed by atoms with Crippen molar-refractivity contribution in [3.05, 3.63) is 146 Å². The molecule has 0 saturated heterocycles. The molecule has 2 heterocycles. The van der Waals surface area contributed by atoms with Gasteiger partial charge < -0.3 is 8.83 Å². The van der Waals surface area contributed by atoms with Crippen LogP contribution >= 0.6 is 0 Å². The van der Waals surface area contributed by atoms with Crippen molar-refractivity contribution in [1.82, 2.24) is 0 Å². The van der Waals surface area contributed by atoms with E-state index in [1.165, 1.54) is 32.7 Å². The summed E-state index contributed by atoms with van der Waals surface area (Å²) >= 11 is 0. The van der Waals surface area contributed by atoms with E-state index in [2.05, 4.69) is 133 Å². The normalized spacial score (nSPS) is 11.8. The van der Waals surface area contributed by atoms with Crippen LogP contribution in [-0.2, 0) is 0 Å². The lowest BCUT2D eigenvalue weighted by Crippen LogP contribution is -1.91. The molecule has 0 atom stereocenters. The van der Waals surface area contributed by atoms with Crippen LogP contribution < -0.4 is 0 Å². The van der Waals surface area contributed by atoms with Gasteiger partial charge in [-0.1, -0.05) is 127 Å². The summed E-state index contributed by atoms with van der Waals surface area (Å²) in [6.07, 6.45) is 0. The molecule has 0 aliphatic heterocycles. The van der Waals surface area contributed by atoms with Crippen molar-refractivity contribution in [1.29, 1.82) is 0 Å². The van der Waals surface area contributed by atoms with Crippen molar-refractivity contribution < 1.29 is 8.83 Å². The average molecular weight is 537 g/mol. The maximum atomic E-state index is 6.99. The molecule has 42 heavy (non-hydrogen) atoms. The largest absolute Gasteiger partial charge is 0.456 e. The third-order valence-electron chi connectivity index (χ3n) is 8.47. The van der Waals surface area contributed by atoms with Gasteiger partial charge in [0.1, 0.15) is 22.5 Å². The van der Waals surface area contributed by atoms with Gasteiger partial charge in [-0.05, 0) is 56.4 Å². The second-order valence-electron chi connectivity index (χ2n) is 10.8. The van der Waals surface area contributed by atoms with Crippen LogP contribution in [0.5, 0.6) is 0 Å². The Bertz CT molecular complexity index is 2390. The Balaban J connectivity index is 1.46. The summed E-state index contributed by atoms with van der Waals surface area (Å²) in [6.45, 7) is 0. The zero-order chi connectivity index (χ0) is 27.6. The molecule has 0 spiro atoms. The molecule has 0 N–H and O–H groups in total. The van der Waals surface area contributed by atoms with Crippen LogP contribution in [-0.4, -0.2) is 0 Å². The maximum absolute atomic E-state index is 6.99. The van der Waals surface area contributed by atoms with Crippen LogP contribution in [0.15, 0.2) is 154 Å². The van der Waals surface area contributed by atoms with Crippen molar-refractivity contribution >= 4 is 54.5 Å². The number of hydrogen-bond acceptors (Lipinski definition) is 2. The van der Waals surface area contributed by atoms with Crippen LogP contribution in [0.1, 0.15) is 0 Å².